The molecule has 1 N–H and O–H groups in total. The minimum absolute atomic E-state index is 0.427. The summed E-state index contributed by atoms with van der Waals surface area (Å²) < 4.78 is 19.0. The van der Waals surface area contributed by atoms with Gasteiger partial charge in [0, 0.05) is 29.7 Å². The summed E-state index contributed by atoms with van der Waals surface area (Å²) in [4.78, 5) is 12.5. The molecule has 5 nitrogen and oxygen atoms in total. The van der Waals surface area contributed by atoms with Gasteiger partial charge in [-0.05, 0) is 35.9 Å². The van der Waals surface area contributed by atoms with Crippen LogP contribution in [0.1, 0.15) is 0 Å². The third kappa shape index (κ3) is 3.23. The summed E-state index contributed by atoms with van der Waals surface area (Å²) in [5, 5.41) is 3.15. The summed E-state index contributed by atoms with van der Waals surface area (Å²) >= 11 is 0. The van der Waals surface area contributed by atoms with E-state index < -0.39 is 5.95 Å². The van der Waals surface area contributed by atoms with E-state index in [1.807, 2.05) is 30.3 Å². The molecule has 1 aromatic carbocycles. The van der Waals surface area contributed by atoms with E-state index in [0.717, 1.165) is 5.69 Å². The van der Waals surface area contributed by atoms with E-state index in [-0.39, 0.29) is 0 Å². The highest BCUT2D eigenvalue weighted by molar-refractivity contribution is 5.78. The van der Waals surface area contributed by atoms with Crippen molar-refractivity contribution in [2.24, 2.45) is 0 Å². The van der Waals surface area contributed by atoms with Gasteiger partial charge in [0.1, 0.15) is 5.69 Å². The highest BCUT2D eigenvalue weighted by atomic mass is 19.1. The van der Waals surface area contributed by atoms with Crippen molar-refractivity contribution in [3.05, 3.63) is 79.2 Å². The van der Waals surface area contributed by atoms with Crippen LogP contribution in [0.4, 0.5) is 16.0 Å². The topological polar surface area (TPSA) is 63.8 Å². The average Bonchev–Trinajstić information content (AvgIpc) is 3.17. The van der Waals surface area contributed by atoms with Gasteiger partial charge in [0.25, 0.3) is 0 Å². The third-order valence-electron chi connectivity index (χ3n) is 3.61. The summed E-state index contributed by atoms with van der Waals surface area (Å²) in [7, 11) is 0. The lowest BCUT2D eigenvalue weighted by Crippen LogP contribution is -2.00. The van der Waals surface area contributed by atoms with Gasteiger partial charge in [0.2, 0.25) is 11.9 Å². The zero-order valence-electron chi connectivity index (χ0n) is 13.1. The summed E-state index contributed by atoms with van der Waals surface area (Å²) in [6, 6.07) is 16.2. The number of pyridine rings is 1. The lowest BCUT2D eigenvalue weighted by molar-refractivity contribution is 0.579. The molecule has 0 atom stereocenters. The lowest BCUT2D eigenvalue weighted by Gasteiger charge is -2.10. The molecule has 0 saturated heterocycles. The molecule has 0 fully saturated rings. The number of rotatable bonds is 4. The van der Waals surface area contributed by atoms with Crippen LogP contribution in [0.3, 0.4) is 0 Å². The third-order valence-corrected chi connectivity index (χ3v) is 3.61. The predicted octanol–water partition coefficient (Wildman–Crippen LogP) is 4.68. The number of aromatic nitrogens is 3. The first kappa shape index (κ1) is 15.0. The quantitative estimate of drug-likeness (QED) is 0.550. The Morgan fingerprint density at radius 1 is 0.960 bits per heavy atom. The Bertz CT molecular complexity index is 988. The van der Waals surface area contributed by atoms with Gasteiger partial charge in [-0.3, -0.25) is 0 Å². The molecule has 0 unspecified atom stereocenters. The van der Waals surface area contributed by atoms with E-state index in [1.54, 1.807) is 30.7 Å². The Labute approximate surface area is 143 Å². The average molecular weight is 332 g/mol. The fourth-order valence-electron chi connectivity index (χ4n) is 2.48. The van der Waals surface area contributed by atoms with Crippen LogP contribution in [0.2, 0.25) is 0 Å². The molecular formula is C19H13FN4O. The van der Waals surface area contributed by atoms with E-state index in [1.165, 1.54) is 12.3 Å². The molecule has 0 aliphatic carbocycles. The normalized spacial score (nSPS) is 10.6. The standard InChI is InChI=1S/C19H13FN4O/c20-17-11-13(8-9-21-17)15-12-22-19(23-14-5-2-1-3-6-14)24-18(15)16-7-4-10-25-16/h1-12H,(H,22,23,24). The number of para-hydroxylation sites is 1. The second kappa shape index (κ2) is 6.52. The molecule has 4 rings (SSSR count). The Kier molecular flexibility index (Phi) is 3.92. The zero-order valence-corrected chi connectivity index (χ0v) is 13.1. The number of hydrogen-bond acceptors (Lipinski definition) is 5. The summed E-state index contributed by atoms with van der Waals surface area (Å²) in [5.74, 6) is 0.441. The van der Waals surface area contributed by atoms with Gasteiger partial charge in [-0.1, -0.05) is 18.2 Å². The van der Waals surface area contributed by atoms with E-state index in [9.17, 15) is 4.39 Å². The van der Waals surface area contributed by atoms with Gasteiger partial charge in [-0.25, -0.2) is 15.0 Å². The predicted molar refractivity (Wildman–Crippen MR) is 92.6 cm³/mol. The molecule has 4 aromatic rings. The first-order chi connectivity index (χ1) is 12.3. The first-order valence-electron chi connectivity index (χ1n) is 7.64. The van der Waals surface area contributed by atoms with Crippen molar-refractivity contribution >= 4 is 11.6 Å². The number of anilines is 2. The van der Waals surface area contributed by atoms with Crippen LogP contribution in [-0.4, -0.2) is 15.0 Å². The lowest BCUT2D eigenvalue weighted by atomic mass is 10.1. The number of furan rings is 1. The molecule has 6 heteroatoms. The smallest absolute Gasteiger partial charge is 0.227 e. The van der Waals surface area contributed by atoms with Gasteiger partial charge in [0.15, 0.2) is 5.76 Å². The van der Waals surface area contributed by atoms with Crippen LogP contribution >= 0.6 is 0 Å². The maximum absolute atomic E-state index is 13.5. The molecular weight excluding hydrogens is 319 g/mol. The Morgan fingerprint density at radius 3 is 2.60 bits per heavy atom. The SMILES string of the molecule is Fc1cc(-c2cnc(Nc3ccccc3)nc2-c2ccco2)ccn1. The molecule has 3 aromatic heterocycles. The zero-order chi connectivity index (χ0) is 17.1. The Balaban J connectivity index is 1.80. The minimum Gasteiger partial charge on any atom is -0.463 e. The molecule has 0 aliphatic rings. The van der Waals surface area contributed by atoms with Crippen LogP contribution in [0.5, 0.6) is 0 Å². The molecule has 0 aliphatic heterocycles. The van der Waals surface area contributed by atoms with Crippen molar-refractivity contribution in [2.45, 2.75) is 0 Å². The summed E-state index contributed by atoms with van der Waals surface area (Å²) in [6.07, 6.45) is 4.62. The van der Waals surface area contributed by atoms with Gasteiger partial charge in [-0.2, -0.15) is 4.39 Å². The summed E-state index contributed by atoms with van der Waals surface area (Å²) in [5.41, 5.74) is 2.74. The number of halogens is 1. The van der Waals surface area contributed by atoms with Crippen molar-refractivity contribution in [2.75, 3.05) is 5.32 Å². The van der Waals surface area contributed by atoms with Crippen LogP contribution in [0, 0.1) is 5.95 Å². The molecule has 25 heavy (non-hydrogen) atoms. The van der Waals surface area contributed by atoms with Crippen molar-refractivity contribution < 1.29 is 8.81 Å². The molecule has 3 heterocycles. The number of benzene rings is 1. The maximum atomic E-state index is 13.5. The van der Waals surface area contributed by atoms with Gasteiger partial charge >= 0.3 is 0 Å². The largest absolute Gasteiger partial charge is 0.463 e. The van der Waals surface area contributed by atoms with Gasteiger partial charge in [-0.15, -0.1) is 0 Å². The number of nitrogens with zero attached hydrogens (tertiary/aromatic N) is 3. The van der Waals surface area contributed by atoms with Crippen molar-refractivity contribution in [3.63, 3.8) is 0 Å². The van der Waals surface area contributed by atoms with Crippen LogP contribution in [0.15, 0.2) is 77.7 Å². The molecule has 122 valence electrons. The van der Waals surface area contributed by atoms with Crippen LogP contribution in [0.25, 0.3) is 22.6 Å². The van der Waals surface area contributed by atoms with Crippen LogP contribution in [-0.2, 0) is 0 Å². The monoisotopic (exact) mass is 332 g/mol. The van der Waals surface area contributed by atoms with E-state index >= 15 is 0 Å². The highest BCUT2D eigenvalue weighted by Gasteiger charge is 2.14. The molecule has 0 saturated carbocycles. The minimum atomic E-state index is -0.561. The van der Waals surface area contributed by atoms with E-state index in [4.69, 9.17) is 4.42 Å². The van der Waals surface area contributed by atoms with E-state index in [2.05, 4.69) is 20.3 Å². The van der Waals surface area contributed by atoms with Crippen LogP contribution < -0.4 is 5.32 Å². The van der Waals surface area contributed by atoms with Crippen molar-refractivity contribution in [1.82, 2.24) is 15.0 Å². The number of hydrogen-bond donors (Lipinski definition) is 1. The Morgan fingerprint density at radius 2 is 1.84 bits per heavy atom. The van der Waals surface area contributed by atoms with Gasteiger partial charge < -0.3 is 9.73 Å². The fraction of sp³-hybridized carbons (Fsp3) is 0. The van der Waals surface area contributed by atoms with Crippen molar-refractivity contribution in [1.29, 1.82) is 0 Å². The van der Waals surface area contributed by atoms with E-state index in [0.29, 0.717) is 28.5 Å². The second-order valence-electron chi connectivity index (χ2n) is 5.29. The fourth-order valence-corrected chi connectivity index (χ4v) is 2.48. The second-order valence-corrected chi connectivity index (χ2v) is 5.29. The van der Waals surface area contributed by atoms with Crippen molar-refractivity contribution in [3.8, 4) is 22.6 Å². The first-order valence-corrected chi connectivity index (χ1v) is 7.64. The maximum Gasteiger partial charge on any atom is 0.227 e. The van der Waals surface area contributed by atoms with Gasteiger partial charge in [0.05, 0.1) is 6.26 Å². The molecule has 0 radical (unpaired) electrons. The Hall–Kier alpha value is -3.54. The summed E-state index contributed by atoms with van der Waals surface area (Å²) in [6.45, 7) is 0. The number of nitrogens with one attached hydrogen (secondary N) is 1. The molecule has 0 spiro atoms. The molecule has 0 amide bonds. The molecule has 0 bridgehead atoms. The highest BCUT2D eigenvalue weighted by Crippen LogP contribution is 2.31.